The molecule has 3 rings (SSSR count). The molecule has 1 aliphatic heterocycles. The third kappa shape index (κ3) is 5.87. The van der Waals surface area contributed by atoms with Gasteiger partial charge in [-0.3, -0.25) is 9.78 Å². The molecule has 0 bridgehead atoms. The van der Waals surface area contributed by atoms with Crippen LogP contribution in [-0.4, -0.2) is 49.5 Å². The number of carbonyl (C=O) groups excluding carboxylic acids is 1. The number of amides is 1. The number of nitrogens with one attached hydrogen (secondary N) is 1. The highest BCUT2D eigenvalue weighted by Crippen LogP contribution is 2.23. The molecule has 0 aliphatic carbocycles. The Morgan fingerprint density at radius 1 is 1.07 bits per heavy atom. The van der Waals surface area contributed by atoms with Crippen molar-refractivity contribution in [2.24, 2.45) is 5.92 Å². The molecule has 6 nitrogen and oxygen atoms in total. The molecular formula is C21H27N3O3S. The van der Waals surface area contributed by atoms with E-state index < -0.39 is 10.0 Å². The van der Waals surface area contributed by atoms with E-state index in [9.17, 15) is 13.2 Å². The van der Waals surface area contributed by atoms with Crippen LogP contribution in [0, 0.1) is 5.92 Å². The first kappa shape index (κ1) is 20.5. The molecule has 0 radical (unpaired) electrons. The van der Waals surface area contributed by atoms with Crippen LogP contribution in [0.4, 0.5) is 0 Å². The number of aromatic nitrogens is 1. The minimum absolute atomic E-state index is 0.0675. The Kier molecular flexibility index (Phi) is 6.80. The lowest BCUT2D eigenvalue weighted by atomic mass is 9.91. The van der Waals surface area contributed by atoms with Gasteiger partial charge in [-0.15, -0.1) is 0 Å². The molecule has 1 amide bonds. The Morgan fingerprint density at radius 2 is 1.71 bits per heavy atom. The van der Waals surface area contributed by atoms with E-state index in [4.69, 9.17) is 0 Å². The van der Waals surface area contributed by atoms with E-state index in [-0.39, 0.29) is 5.91 Å². The lowest BCUT2D eigenvalue weighted by Gasteiger charge is -2.30. The lowest BCUT2D eigenvalue weighted by molar-refractivity contribution is 0.0954. The highest BCUT2D eigenvalue weighted by Gasteiger charge is 2.24. The van der Waals surface area contributed by atoms with Crippen molar-refractivity contribution < 1.29 is 13.2 Å². The van der Waals surface area contributed by atoms with Crippen LogP contribution in [0.3, 0.4) is 0 Å². The SMILES string of the molecule is CS(=O)(=O)N1CCC(Cc2ccc(C(=O)NCCc3ccncc3)cc2)CC1. The van der Waals surface area contributed by atoms with Crippen LogP contribution in [0.2, 0.25) is 0 Å². The molecule has 0 spiro atoms. The van der Waals surface area contributed by atoms with Crippen LogP contribution < -0.4 is 5.32 Å². The van der Waals surface area contributed by atoms with Gasteiger partial charge < -0.3 is 5.32 Å². The molecule has 1 saturated heterocycles. The van der Waals surface area contributed by atoms with Crippen molar-refractivity contribution in [2.45, 2.75) is 25.7 Å². The molecule has 0 unspecified atom stereocenters. The van der Waals surface area contributed by atoms with Gasteiger partial charge >= 0.3 is 0 Å². The van der Waals surface area contributed by atoms with Gasteiger partial charge in [0.25, 0.3) is 5.91 Å². The topological polar surface area (TPSA) is 79.4 Å². The summed E-state index contributed by atoms with van der Waals surface area (Å²) in [6, 6.07) is 11.6. The Hall–Kier alpha value is -2.25. The minimum atomic E-state index is -3.08. The van der Waals surface area contributed by atoms with E-state index in [0.717, 1.165) is 31.2 Å². The van der Waals surface area contributed by atoms with Gasteiger partial charge in [0, 0.05) is 37.6 Å². The number of rotatable bonds is 7. The third-order valence-corrected chi connectivity index (χ3v) is 6.53. The molecule has 0 saturated carbocycles. The van der Waals surface area contributed by atoms with Crippen molar-refractivity contribution in [3.63, 3.8) is 0 Å². The minimum Gasteiger partial charge on any atom is -0.352 e. The quantitative estimate of drug-likeness (QED) is 0.772. The molecule has 1 aliphatic rings. The number of pyridine rings is 1. The fourth-order valence-corrected chi connectivity index (χ4v) is 4.42. The summed E-state index contributed by atoms with van der Waals surface area (Å²) in [6.45, 7) is 1.78. The molecule has 2 aromatic rings. The lowest BCUT2D eigenvalue weighted by Crippen LogP contribution is -2.38. The highest BCUT2D eigenvalue weighted by atomic mass is 32.2. The summed E-state index contributed by atoms with van der Waals surface area (Å²) in [5.41, 5.74) is 2.99. The molecule has 150 valence electrons. The van der Waals surface area contributed by atoms with E-state index in [1.807, 2.05) is 36.4 Å². The molecule has 2 heterocycles. The number of hydrogen-bond donors (Lipinski definition) is 1. The van der Waals surface area contributed by atoms with Gasteiger partial charge in [0.05, 0.1) is 6.26 Å². The molecular weight excluding hydrogens is 374 g/mol. The van der Waals surface area contributed by atoms with Crippen molar-refractivity contribution in [1.82, 2.24) is 14.6 Å². The van der Waals surface area contributed by atoms with Gasteiger partial charge in [-0.1, -0.05) is 12.1 Å². The standard InChI is InChI=1S/C21H27N3O3S/c1-28(26,27)24-14-9-19(10-15-24)16-18-2-4-20(5-3-18)21(25)23-13-8-17-6-11-22-12-7-17/h2-7,11-12,19H,8-10,13-16H2,1H3,(H,23,25). The normalized spacial score (nSPS) is 16.0. The van der Waals surface area contributed by atoms with Crippen molar-refractivity contribution in [3.8, 4) is 0 Å². The van der Waals surface area contributed by atoms with E-state index in [1.165, 1.54) is 11.8 Å². The smallest absolute Gasteiger partial charge is 0.251 e. The third-order valence-electron chi connectivity index (χ3n) is 5.23. The van der Waals surface area contributed by atoms with Crippen LogP contribution in [0.25, 0.3) is 0 Å². The van der Waals surface area contributed by atoms with Crippen LogP contribution >= 0.6 is 0 Å². The number of hydrogen-bond acceptors (Lipinski definition) is 4. The number of piperidine rings is 1. The van der Waals surface area contributed by atoms with Crippen molar-refractivity contribution in [3.05, 3.63) is 65.5 Å². The van der Waals surface area contributed by atoms with E-state index in [0.29, 0.717) is 31.1 Å². The van der Waals surface area contributed by atoms with Gasteiger partial charge in [0.1, 0.15) is 0 Å². The van der Waals surface area contributed by atoms with Gasteiger partial charge in [0.15, 0.2) is 0 Å². The second-order valence-corrected chi connectivity index (χ2v) is 9.35. The summed E-state index contributed by atoms with van der Waals surface area (Å²) in [7, 11) is -3.08. The molecule has 7 heteroatoms. The summed E-state index contributed by atoms with van der Waals surface area (Å²) >= 11 is 0. The van der Waals surface area contributed by atoms with Crippen LogP contribution in [0.5, 0.6) is 0 Å². The summed E-state index contributed by atoms with van der Waals surface area (Å²) in [5.74, 6) is 0.417. The van der Waals surface area contributed by atoms with Crippen LogP contribution in [0.1, 0.15) is 34.3 Å². The Balaban J connectivity index is 1.45. The second kappa shape index (κ2) is 9.30. The van der Waals surface area contributed by atoms with E-state index >= 15 is 0 Å². The Bertz CT molecular complexity index is 875. The molecule has 1 aromatic heterocycles. The fraction of sp³-hybridized carbons (Fsp3) is 0.429. The average Bonchev–Trinajstić information content (AvgIpc) is 2.69. The maximum Gasteiger partial charge on any atom is 0.251 e. The molecule has 1 N–H and O–H groups in total. The largest absolute Gasteiger partial charge is 0.352 e. The molecule has 1 fully saturated rings. The number of sulfonamides is 1. The van der Waals surface area contributed by atoms with Gasteiger partial charge in [-0.05, 0) is 67.0 Å². The van der Waals surface area contributed by atoms with Crippen LogP contribution in [-0.2, 0) is 22.9 Å². The van der Waals surface area contributed by atoms with Gasteiger partial charge in [-0.25, -0.2) is 12.7 Å². The summed E-state index contributed by atoms with van der Waals surface area (Å²) in [6.07, 6.45) is 8.23. The number of nitrogens with zero attached hydrogens (tertiary/aromatic N) is 2. The maximum atomic E-state index is 12.3. The molecule has 0 atom stereocenters. The summed E-state index contributed by atoms with van der Waals surface area (Å²) in [5, 5.41) is 2.95. The second-order valence-electron chi connectivity index (χ2n) is 7.37. The fourth-order valence-electron chi connectivity index (χ4n) is 3.54. The zero-order valence-corrected chi connectivity index (χ0v) is 17.0. The molecule has 1 aromatic carbocycles. The predicted octanol–water partition coefficient (Wildman–Crippen LogP) is 2.27. The number of benzene rings is 1. The first-order chi connectivity index (χ1) is 13.4. The van der Waals surface area contributed by atoms with Gasteiger partial charge in [0.2, 0.25) is 10.0 Å². The summed E-state index contributed by atoms with van der Waals surface area (Å²) < 4.78 is 24.7. The van der Waals surface area contributed by atoms with Crippen molar-refractivity contribution in [1.29, 1.82) is 0 Å². The van der Waals surface area contributed by atoms with Crippen LogP contribution in [0.15, 0.2) is 48.8 Å². The zero-order valence-electron chi connectivity index (χ0n) is 16.2. The average molecular weight is 402 g/mol. The monoisotopic (exact) mass is 401 g/mol. The maximum absolute atomic E-state index is 12.3. The first-order valence-corrected chi connectivity index (χ1v) is 11.5. The van der Waals surface area contributed by atoms with Gasteiger partial charge in [-0.2, -0.15) is 0 Å². The Morgan fingerprint density at radius 3 is 2.32 bits per heavy atom. The summed E-state index contributed by atoms with van der Waals surface area (Å²) in [4.78, 5) is 16.3. The van der Waals surface area contributed by atoms with Crippen molar-refractivity contribution in [2.75, 3.05) is 25.9 Å². The van der Waals surface area contributed by atoms with E-state index in [2.05, 4.69) is 10.3 Å². The molecule has 28 heavy (non-hydrogen) atoms. The van der Waals surface area contributed by atoms with Crippen molar-refractivity contribution >= 4 is 15.9 Å². The highest BCUT2D eigenvalue weighted by molar-refractivity contribution is 7.88. The van der Waals surface area contributed by atoms with E-state index in [1.54, 1.807) is 16.7 Å². The number of carbonyl (C=O) groups is 1. The Labute approximate surface area is 167 Å². The first-order valence-electron chi connectivity index (χ1n) is 9.63. The zero-order chi connectivity index (χ0) is 20.0. The predicted molar refractivity (Wildman–Crippen MR) is 110 cm³/mol.